The second-order valence-electron chi connectivity index (χ2n) is 4.83. The van der Waals surface area contributed by atoms with Crippen molar-refractivity contribution >= 4 is 0 Å². The smallest absolute Gasteiger partial charge is 0.0702 e. The zero-order valence-electron chi connectivity index (χ0n) is 9.87. The van der Waals surface area contributed by atoms with E-state index in [1.165, 1.54) is 38.8 Å². The molecule has 88 valence electrons. The van der Waals surface area contributed by atoms with Gasteiger partial charge in [0, 0.05) is 38.8 Å². The van der Waals surface area contributed by atoms with E-state index >= 15 is 0 Å². The summed E-state index contributed by atoms with van der Waals surface area (Å²) < 4.78 is 5.69. The quantitative estimate of drug-likeness (QED) is 0.759. The maximum atomic E-state index is 5.69. The summed E-state index contributed by atoms with van der Waals surface area (Å²) in [6.07, 6.45) is 5.63. The molecule has 0 amide bonds. The van der Waals surface area contributed by atoms with Gasteiger partial charge in [-0.1, -0.05) is 13.3 Å². The lowest BCUT2D eigenvalue weighted by atomic mass is 10.1. The Morgan fingerprint density at radius 2 is 2.40 bits per heavy atom. The Balaban J connectivity index is 1.71. The van der Waals surface area contributed by atoms with Gasteiger partial charge in [0.1, 0.15) is 0 Å². The van der Waals surface area contributed by atoms with Crippen LogP contribution in [0.15, 0.2) is 0 Å². The average molecular weight is 212 g/mol. The van der Waals surface area contributed by atoms with Crippen LogP contribution in [-0.4, -0.2) is 49.8 Å². The monoisotopic (exact) mass is 212 g/mol. The summed E-state index contributed by atoms with van der Waals surface area (Å²) in [5.74, 6) is 0. The predicted octanol–water partition coefficient (Wildman–Crippen LogP) is 1.24. The zero-order valence-corrected chi connectivity index (χ0v) is 9.87. The molecule has 15 heavy (non-hydrogen) atoms. The molecular formula is C12H24N2O. The fraction of sp³-hybridized carbons (Fsp3) is 1.00. The highest BCUT2D eigenvalue weighted by Gasteiger charge is 2.23. The first-order valence-electron chi connectivity index (χ1n) is 6.46. The molecule has 3 heteroatoms. The van der Waals surface area contributed by atoms with Gasteiger partial charge in [0.25, 0.3) is 0 Å². The molecular weight excluding hydrogens is 188 g/mol. The van der Waals surface area contributed by atoms with E-state index in [2.05, 4.69) is 17.1 Å². The Morgan fingerprint density at radius 3 is 3.13 bits per heavy atom. The zero-order chi connectivity index (χ0) is 10.5. The number of nitrogens with zero attached hydrogens (tertiary/aromatic N) is 1. The summed E-state index contributed by atoms with van der Waals surface area (Å²) in [5, 5.41) is 3.59. The van der Waals surface area contributed by atoms with Gasteiger partial charge in [-0.05, 0) is 19.3 Å². The van der Waals surface area contributed by atoms with E-state index in [9.17, 15) is 0 Å². The molecule has 0 aliphatic carbocycles. The highest BCUT2D eigenvalue weighted by molar-refractivity contribution is 4.80. The molecule has 0 aromatic rings. The lowest BCUT2D eigenvalue weighted by Crippen LogP contribution is -2.52. The lowest BCUT2D eigenvalue weighted by molar-refractivity contribution is 0.0618. The number of hydrogen-bond donors (Lipinski definition) is 1. The minimum absolute atomic E-state index is 0.519. The van der Waals surface area contributed by atoms with Crippen LogP contribution in [0.3, 0.4) is 0 Å². The topological polar surface area (TPSA) is 24.5 Å². The molecule has 0 bridgehead atoms. The van der Waals surface area contributed by atoms with Crippen LogP contribution in [0.25, 0.3) is 0 Å². The number of rotatable bonds is 4. The maximum absolute atomic E-state index is 5.69. The molecule has 0 spiro atoms. The van der Waals surface area contributed by atoms with Crippen LogP contribution in [-0.2, 0) is 4.74 Å². The second-order valence-corrected chi connectivity index (χ2v) is 4.83. The van der Waals surface area contributed by atoms with Gasteiger partial charge in [0.15, 0.2) is 0 Å². The van der Waals surface area contributed by atoms with Crippen molar-refractivity contribution in [3.05, 3.63) is 0 Å². The molecule has 3 nitrogen and oxygen atoms in total. The molecule has 1 N–H and O–H groups in total. The Kier molecular flexibility index (Phi) is 4.42. The molecule has 2 heterocycles. The first-order valence-corrected chi connectivity index (χ1v) is 6.46. The normalized spacial score (nSPS) is 33.4. The summed E-state index contributed by atoms with van der Waals surface area (Å²) >= 11 is 0. The van der Waals surface area contributed by atoms with Gasteiger partial charge >= 0.3 is 0 Å². The van der Waals surface area contributed by atoms with Crippen molar-refractivity contribution in [2.45, 2.75) is 44.8 Å². The molecule has 2 saturated heterocycles. The van der Waals surface area contributed by atoms with E-state index in [0.717, 1.165) is 19.7 Å². The lowest BCUT2D eigenvalue weighted by Gasteiger charge is -2.34. The van der Waals surface area contributed by atoms with Crippen LogP contribution in [0.2, 0.25) is 0 Å². The molecule has 2 unspecified atom stereocenters. The van der Waals surface area contributed by atoms with Crippen LogP contribution in [0.4, 0.5) is 0 Å². The van der Waals surface area contributed by atoms with Gasteiger partial charge in [-0.25, -0.2) is 0 Å². The number of piperazine rings is 1. The third-order valence-corrected chi connectivity index (χ3v) is 3.46. The van der Waals surface area contributed by atoms with Crippen LogP contribution in [0.5, 0.6) is 0 Å². The summed E-state index contributed by atoms with van der Waals surface area (Å²) in [7, 11) is 0. The number of nitrogens with one attached hydrogen (secondary N) is 1. The van der Waals surface area contributed by atoms with Gasteiger partial charge in [-0.15, -0.1) is 0 Å². The fourth-order valence-corrected chi connectivity index (χ4v) is 2.68. The van der Waals surface area contributed by atoms with Gasteiger partial charge in [0.05, 0.1) is 6.10 Å². The minimum Gasteiger partial charge on any atom is -0.377 e. The van der Waals surface area contributed by atoms with Crippen LogP contribution in [0, 0.1) is 0 Å². The minimum atomic E-state index is 0.519. The van der Waals surface area contributed by atoms with Gasteiger partial charge < -0.3 is 10.1 Å². The fourth-order valence-electron chi connectivity index (χ4n) is 2.68. The third kappa shape index (κ3) is 3.44. The molecule has 0 saturated carbocycles. The van der Waals surface area contributed by atoms with Crippen molar-refractivity contribution in [2.24, 2.45) is 0 Å². The predicted molar refractivity (Wildman–Crippen MR) is 62.1 cm³/mol. The third-order valence-electron chi connectivity index (χ3n) is 3.46. The molecule has 2 atom stereocenters. The molecule has 0 aromatic carbocycles. The van der Waals surface area contributed by atoms with Crippen molar-refractivity contribution in [2.75, 3.05) is 32.8 Å². The molecule has 2 rings (SSSR count). The van der Waals surface area contributed by atoms with Gasteiger partial charge in [-0.2, -0.15) is 0 Å². The molecule has 0 aromatic heterocycles. The summed E-state index contributed by atoms with van der Waals surface area (Å²) in [6, 6.07) is 0.713. The van der Waals surface area contributed by atoms with E-state index in [1.807, 2.05) is 0 Å². The average Bonchev–Trinajstić information content (AvgIpc) is 2.71. The van der Waals surface area contributed by atoms with Crippen molar-refractivity contribution in [1.29, 1.82) is 0 Å². The van der Waals surface area contributed by atoms with Crippen molar-refractivity contribution < 1.29 is 4.74 Å². The van der Waals surface area contributed by atoms with E-state index < -0.39 is 0 Å². The molecule has 2 aliphatic heterocycles. The van der Waals surface area contributed by atoms with Gasteiger partial charge in [-0.3, -0.25) is 4.90 Å². The molecule has 0 radical (unpaired) electrons. The van der Waals surface area contributed by atoms with E-state index in [1.54, 1.807) is 0 Å². The molecule has 2 fully saturated rings. The van der Waals surface area contributed by atoms with Crippen molar-refractivity contribution in [1.82, 2.24) is 10.2 Å². The van der Waals surface area contributed by atoms with E-state index in [0.29, 0.717) is 12.1 Å². The standard InChI is InChI=1S/C12H24N2O/c1-2-4-11-9-14(7-6-13-11)10-12-5-3-8-15-12/h11-13H,2-10H2,1H3. The Labute approximate surface area is 93.2 Å². The van der Waals surface area contributed by atoms with Crippen LogP contribution in [0.1, 0.15) is 32.6 Å². The highest BCUT2D eigenvalue weighted by Crippen LogP contribution is 2.14. The Morgan fingerprint density at radius 1 is 1.47 bits per heavy atom. The second kappa shape index (κ2) is 5.83. The summed E-state index contributed by atoms with van der Waals surface area (Å²) in [5.41, 5.74) is 0. The van der Waals surface area contributed by atoms with Crippen LogP contribution >= 0.6 is 0 Å². The summed E-state index contributed by atoms with van der Waals surface area (Å²) in [4.78, 5) is 2.58. The Hall–Kier alpha value is -0.120. The first kappa shape index (κ1) is 11.4. The number of hydrogen-bond acceptors (Lipinski definition) is 3. The summed E-state index contributed by atoms with van der Waals surface area (Å²) in [6.45, 7) is 7.96. The Bertz CT molecular complexity index is 178. The first-order chi connectivity index (χ1) is 7.38. The van der Waals surface area contributed by atoms with E-state index in [-0.39, 0.29) is 0 Å². The SMILES string of the molecule is CCCC1CN(CC2CCCO2)CCN1. The number of ether oxygens (including phenoxy) is 1. The van der Waals surface area contributed by atoms with Crippen molar-refractivity contribution in [3.63, 3.8) is 0 Å². The largest absolute Gasteiger partial charge is 0.377 e. The molecule has 2 aliphatic rings. The van der Waals surface area contributed by atoms with E-state index in [4.69, 9.17) is 4.74 Å². The van der Waals surface area contributed by atoms with Gasteiger partial charge in [0.2, 0.25) is 0 Å². The van der Waals surface area contributed by atoms with Crippen LogP contribution < -0.4 is 5.32 Å². The van der Waals surface area contributed by atoms with Crippen molar-refractivity contribution in [3.8, 4) is 0 Å². The highest BCUT2D eigenvalue weighted by atomic mass is 16.5. The maximum Gasteiger partial charge on any atom is 0.0702 e.